The molecule has 1 saturated heterocycles. The number of aliphatic imine (C=N–C) groups is 1. The molecule has 3 N–H and O–H groups in total. The Morgan fingerprint density at radius 2 is 1.97 bits per heavy atom. The molecule has 1 aromatic heterocycles. The molecule has 0 radical (unpaired) electrons. The first-order valence-electron chi connectivity index (χ1n) is 9.39. The van der Waals surface area contributed by atoms with Gasteiger partial charge in [-0.15, -0.1) is 12.4 Å². The van der Waals surface area contributed by atoms with E-state index in [-0.39, 0.29) is 42.0 Å². The molecule has 0 bridgehead atoms. The van der Waals surface area contributed by atoms with Crippen molar-refractivity contribution in [3.8, 4) is 5.88 Å². The van der Waals surface area contributed by atoms with E-state index < -0.39 is 54.8 Å². The van der Waals surface area contributed by atoms with E-state index >= 15 is 4.39 Å². The fourth-order valence-electron chi connectivity index (χ4n) is 3.47. The van der Waals surface area contributed by atoms with Gasteiger partial charge >= 0.3 is 6.18 Å². The number of nitrogens with one attached hydrogen (secondary N) is 1. The third-order valence-electron chi connectivity index (χ3n) is 5.05. The number of benzene rings is 1. The summed E-state index contributed by atoms with van der Waals surface area (Å²) in [6.45, 7) is -2.74. The first kappa shape index (κ1) is 25.4. The van der Waals surface area contributed by atoms with Gasteiger partial charge in [-0.2, -0.15) is 13.2 Å². The van der Waals surface area contributed by atoms with Crippen LogP contribution in [0, 0.1) is 5.82 Å². The predicted molar refractivity (Wildman–Crippen MR) is 109 cm³/mol. The topological polar surface area (TPSA) is 121 Å². The Morgan fingerprint density at radius 1 is 1.21 bits per heavy atom. The summed E-state index contributed by atoms with van der Waals surface area (Å²) >= 11 is 0. The zero-order valence-electron chi connectivity index (χ0n) is 17.1. The molecule has 1 amide bonds. The summed E-state index contributed by atoms with van der Waals surface area (Å²) in [7, 11) is 0. The van der Waals surface area contributed by atoms with E-state index in [1.807, 2.05) is 0 Å². The number of rotatable bonds is 5. The summed E-state index contributed by atoms with van der Waals surface area (Å²) in [6, 6.07) is 3.10. The van der Waals surface area contributed by atoms with E-state index in [1.54, 1.807) is 0 Å². The van der Waals surface area contributed by atoms with Gasteiger partial charge in [0, 0.05) is 11.3 Å². The molecule has 1 aromatic carbocycles. The summed E-state index contributed by atoms with van der Waals surface area (Å²) in [5.74, 6) is -2.03. The normalized spacial score (nSPS) is 23.7. The minimum atomic E-state index is -4.56. The van der Waals surface area contributed by atoms with Crippen molar-refractivity contribution in [3.63, 3.8) is 0 Å². The largest absolute Gasteiger partial charge is 0.467 e. The monoisotopic (exact) mass is 509 g/mol. The second kappa shape index (κ2) is 9.18. The summed E-state index contributed by atoms with van der Waals surface area (Å²) in [5, 5.41) is 2.44. The Morgan fingerprint density at radius 3 is 2.65 bits per heavy atom. The summed E-state index contributed by atoms with van der Waals surface area (Å²) in [4.78, 5) is 23.8. The molecule has 0 saturated carbocycles. The molecule has 0 aliphatic carbocycles. The van der Waals surface area contributed by atoms with Crippen LogP contribution in [0.25, 0.3) is 0 Å². The van der Waals surface area contributed by atoms with Crippen molar-refractivity contribution in [1.29, 1.82) is 0 Å². The van der Waals surface area contributed by atoms with Crippen LogP contribution in [-0.4, -0.2) is 60.2 Å². The number of alkyl halides is 4. The van der Waals surface area contributed by atoms with Gasteiger partial charge in [-0.25, -0.2) is 23.7 Å². The fraction of sp³-hybridized carbons (Fsp3) is 0.368. The molecular formula is C19H17ClF5N5O4. The Kier molecular flexibility index (Phi) is 6.85. The van der Waals surface area contributed by atoms with Crippen molar-refractivity contribution in [2.75, 3.05) is 31.7 Å². The van der Waals surface area contributed by atoms with E-state index in [2.05, 4.69) is 25.0 Å². The third kappa shape index (κ3) is 4.82. The maximum absolute atomic E-state index is 15.5. The number of aromatic nitrogens is 2. The van der Waals surface area contributed by atoms with Crippen LogP contribution in [0.5, 0.6) is 5.88 Å². The van der Waals surface area contributed by atoms with Crippen molar-refractivity contribution in [3.05, 3.63) is 47.7 Å². The maximum Gasteiger partial charge on any atom is 0.422 e. The fourth-order valence-corrected chi connectivity index (χ4v) is 3.47. The molecule has 9 nitrogen and oxygen atoms in total. The van der Waals surface area contributed by atoms with E-state index in [0.717, 1.165) is 18.5 Å². The smallest absolute Gasteiger partial charge is 0.422 e. The second-order valence-electron chi connectivity index (χ2n) is 7.35. The van der Waals surface area contributed by atoms with Crippen molar-refractivity contribution in [2.24, 2.45) is 10.7 Å². The molecule has 4 rings (SSSR count). The number of nitrogens with two attached hydrogens (primary N) is 1. The molecule has 2 atom stereocenters. The van der Waals surface area contributed by atoms with Crippen LogP contribution in [0.2, 0.25) is 0 Å². The lowest BCUT2D eigenvalue weighted by molar-refractivity contribution is -0.154. The average molecular weight is 510 g/mol. The van der Waals surface area contributed by atoms with Crippen molar-refractivity contribution >= 4 is 30.0 Å². The number of ether oxygens (including phenoxy) is 3. The van der Waals surface area contributed by atoms with E-state index in [4.69, 9.17) is 15.2 Å². The third-order valence-corrected chi connectivity index (χ3v) is 5.05. The van der Waals surface area contributed by atoms with Gasteiger partial charge in [-0.3, -0.25) is 4.79 Å². The van der Waals surface area contributed by atoms with Gasteiger partial charge in [0.25, 0.3) is 11.9 Å². The maximum atomic E-state index is 15.5. The molecule has 2 aromatic rings. The van der Waals surface area contributed by atoms with Crippen LogP contribution in [0.3, 0.4) is 0 Å². The molecule has 2 aliphatic heterocycles. The molecule has 34 heavy (non-hydrogen) atoms. The number of anilines is 1. The van der Waals surface area contributed by atoms with Crippen molar-refractivity contribution in [2.45, 2.75) is 17.4 Å². The van der Waals surface area contributed by atoms with Crippen LogP contribution >= 0.6 is 12.4 Å². The lowest BCUT2D eigenvalue weighted by atomic mass is 9.78. The van der Waals surface area contributed by atoms with Gasteiger partial charge in [-0.05, 0) is 18.2 Å². The molecular weight excluding hydrogens is 493 g/mol. The molecule has 1 fully saturated rings. The lowest BCUT2D eigenvalue weighted by Crippen LogP contribution is -2.55. The molecule has 3 heterocycles. The highest BCUT2D eigenvalue weighted by Gasteiger charge is 2.62. The number of hydrogen-bond acceptors (Lipinski definition) is 8. The van der Waals surface area contributed by atoms with Gasteiger partial charge in [0.05, 0.1) is 25.6 Å². The summed E-state index contributed by atoms with van der Waals surface area (Å²) in [6.07, 6.45) is -2.80. The highest BCUT2D eigenvalue weighted by atomic mass is 35.5. The number of amidine groups is 1. The minimum absolute atomic E-state index is 0. The number of nitrogens with zero attached hydrogens (tertiary/aromatic N) is 3. The molecule has 0 unspecified atom stereocenters. The average Bonchev–Trinajstić information content (AvgIpc) is 3.10. The summed E-state index contributed by atoms with van der Waals surface area (Å²) < 4.78 is 81.5. The lowest BCUT2D eigenvalue weighted by Gasteiger charge is -2.38. The second-order valence-corrected chi connectivity index (χ2v) is 7.35. The van der Waals surface area contributed by atoms with E-state index in [9.17, 15) is 22.4 Å². The van der Waals surface area contributed by atoms with Gasteiger partial charge in [0.2, 0.25) is 5.88 Å². The molecule has 0 spiro atoms. The van der Waals surface area contributed by atoms with Crippen LogP contribution in [0.15, 0.2) is 35.6 Å². The minimum Gasteiger partial charge on any atom is -0.467 e. The van der Waals surface area contributed by atoms with E-state index in [0.29, 0.717) is 0 Å². The van der Waals surface area contributed by atoms with Gasteiger partial charge in [0.1, 0.15) is 18.1 Å². The molecule has 2 aliphatic rings. The number of carbonyl (C=O) groups excluding carboxylic acids is 1. The number of carbonyl (C=O) groups is 1. The van der Waals surface area contributed by atoms with Crippen LogP contribution in [0.4, 0.5) is 27.6 Å². The van der Waals surface area contributed by atoms with Crippen LogP contribution in [0.1, 0.15) is 16.1 Å². The Hall–Kier alpha value is -3.26. The zero-order chi connectivity index (χ0) is 23.9. The van der Waals surface area contributed by atoms with Crippen LogP contribution < -0.4 is 15.8 Å². The van der Waals surface area contributed by atoms with E-state index in [1.165, 1.54) is 12.1 Å². The number of amides is 1. The van der Waals surface area contributed by atoms with Gasteiger partial charge in [0.15, 0.2) is 17.8 Å². The Bertz CT molecular complexity index is 1100. The number of halogens is 6. The number of fused-ring (bicyclic) bond motifs is 1. The first-order valence-corrected chi connectivity index (χ1v) is 9.39. The highest BCUT2D eigenvalue weighted by Crippen LogP contribution is 2.48. The number of hydrogen-bond donors (Lipinski definition) is 2. The molecule has 15 heteroatoms. The van der Waals surface area contributed by atoms with Crippen LogP contribution in [-0.2, 0) is 15.0 Å². The first-order chi connectivity index (χ1) is 15.5. The Labute approximate surface area is 194 Å². The van der Waals surface area contributed by atoms with Crippen molar-refractivity contribution in [1.82, 2.24) is 9.97 Å². The van der Waals surface area contributed by atoms with Gasteiger partial charge in [-0.1, -0.05) is 0 Å². The quantitative estimate of drug-likeness (QED) is 0.594. The summed E-state index contributed by atoms with van der Waals surface area (Å²) in [5.41, 5.74) is 1.22. The molecule has 184 valence electrons. The zero-order valence-corrected chi connectivity index (χ0v) is 17.9. The van der Waals surface area contributed by atoms with Crippen molar-refractivity contribution < 1.29 is 41.0 Å². The predicted octanol–water partition coefficient (Wildman–Crippen LogP) is 2.51. The standard InChI is InChI=1S/C19H16F5N5O4.ClH/c20-12-2-1-10(3-11(12)18-8-31-6-17(18,21)7-33-16(25)29-18)28-15(30)13-4-27-14(5-26-13)32-9-19(22,23)24;/h1-5H,6-9H2,(H2,25,29)(H,28,30);1H/t17-,18-;/m1./s1. The SMILES string of the molecule is Cl.NC1=N[C@@]2(c3cc(NC(=O)c4cnc(OCC(F)(F)F)cn4)ccc3F)COC[C@@]2(F)CO1. The van der Waals surface area contributed by atoms with Gasteiger partial charge < -0.3 is 25.3 Å². The Balaban J connectivity index is 0.00000324. The highest BCUT2D eigenvalue weighted by molar-refractivity contribution is 6.02.